The Kier molecular flexibility index (Phi) is 6.74. The van der Waals surface area contributed by atoms with Crippen LogP contribution in [0, 0.1) is 0 Å². The second-order valence-electron chi connectivity index (χ2n) is 6.17. The highest BCUT2D eigenvalue weighted by Gasteiger charge is 2.19. The van der Waals surface area contributed by atoms with Crippen LogP contribution in [0.1, 0.15) is 5.56 Å². The van der Waals surface area contributed by atoms with Crippen molar-refractivity contribution in [2.24, 2.45) is 10.7 Å². The van der Waals surface area contributed by atoms with E-state index in [1.54, 1.807) is 29.5 Å². The van der Waals surface area contributed by atoms with Crippen molar-refractivity contribution in [3.63, 3.8) is 0 Å². The molecular formula is C18H22IN9. The number of rotatable bonds is 4. The van der Waals surface area contributed by atoms with Gasteiger partial charge < -0.3 is 15.5 Å². The summed E-state index contributed by atoms with van der Waals surface area (Å²) in [7, 11) is 0. The molecule has 0 unspecified atom stereocenters. The number of guanidine groups is 1. The number of pyridine rings is 1. The van der Waals surface area contributed by atoms with Gasteiger partial charge in [0.25, 0.3) is 0 Å². The molecule has 9 nitrogen and oxygen atoms in total. The number of halogens is 1. The van der Waals surface area contributed by atoms with E-state index in [0.29, 0.717) is 12.5 Å². The van der Waals surface area contributed by atoms with Crippen LogP contribution in [0.5, 0.6) is 0 Å². The first-order chi connectivity index (χ1) is 13.3. The second-order valence-corrected chi connectivity index (χ2v) is 6.17. The maximum atomic E-state index is 6.21. The number of hydrogen-bond donors (Lipinski definition) is 1. The van der Waals surface area contributed by atoms with Crippen molar-refractivity contribution in [3.8, 4) is 5.82 Å². The van der Waals surface area contributed by atoms with Gasteiger partial charge in [-0.05, 0) is 29.8 Å². The maximum absolute atomic E-state index is 6.21. The highest BCUT2D eigenvalue weighted by Crippen LogP contribution is 2.11. The number of nitrogens with two attached hydrogens (primary N) is 1. The van der Waals surface area contributed by atoms with Crippen LogP contribution in [0.2, 0.25) is 0 Å². The number of nitrogens with zero attached hydrogens (tertiary/aromatic N) is 8. The van der Waals surface area contributed by atoms with Crippen molar-refractivity contribution in [2.75, 3.05) is 31.1 Å². The quantitative estimate of drug-likeness (QED) is 0.334. The normalized spacial score (nSPS) is 14.6. The lowest BCUT2D eigenvalue weighted by molar-refractivity contribution is 0.378. The van der Waals surface area contributed by atoms with E-state index in [1.807, 2.05) is 30.5 Å². The summed E-state index contributed by atoms with van der Waals surface area (Å²) in [5, 5.41) is 4.20. The standard InChI is InChI=1S/C18H21N9.HI/c19-17(25-9-11-26(12-10-25)18-21-4-1-5-22-18)23-14-15-3-7-20-16(13-15)27-8-2-6-24-27;/h1-8,13H,9-12,14H2,(H2,19,23);1H. The highest BCUT2D eigenvalue weighted by atomic mass is 127. The SMILES string of the molecule is I.NC(=NCc1ccnc(-n2cccn2)c1)N1CCN(c2ncccn2)CC1. The van der Waals surface area contributed by atoms with E-state index in [0.717, 1.165) is 43.5 Å². The first-order valence-electron chi connectivity index (χ1n) is 8.81. The molecule has 10 heteroatoms. The highest BCUT2D eigenvalue weighted by molar-refractivity contribution is 14.0. The van der Waals surface area contributed by atoms with Crippen LogP contribution < -0.4 is 10.6 Å². The lowest BCUT2D eigenvalue weighted by Gasteiger charge is -2.35. The monoisotopic (exact) mass is 491 g/mol. The van der Waals surface area contributed by atoms with Gasteiger partial charge in [0.2, 0.25) is 5.95 Å². The van der Waals surface area contributed by atoms with Crippen LogP contribution in [0.4, 0.5) is 5.95 Å². The summed E-state index contributed by atoms with van der Waals surface area (Å²) in [5.41, 5.74) is 7.24. The molecule has 28 heavy (non-hydrogen) atoms. The molecule has 1 saturated heterocycles. The van der Waals surface area contributed by atoms with Crippen LogP contribution in [-0.4, -0.2) is 61.8 Å². The molecule has 3 aromatic heterocycles. The van der Waals surface area contributed by atoms with Gasteiger partial charge in [0.15, 0.2) is 11.8 Å². The fourth-order valence-corrected chi connectivity index (χ4v) is 2.95. The Morgan fingerprint density at radius 1 is 1.00 bits per heavy atom. The smallest absolute Gasteiger partial charge is 0.225 e. The molecule has 2 N–H and O–H groups in total. The molecule has 146 valence electrons. The third kappa shape index (κ3) is 4.74. The molecule has 1 aliphatic rings. The van der Waals surface area contributed by atoms with Crippen LogP contribution >= 0.6 is 24.0 Å². The molecule has 0 aromatic carbocycles. The summed E-state index contributed by atoms with van der Waals surface area (Å²) in [6.07, 6.45) is 8.87. The minimum atomic E-state index is 0. The Hall–Kier alpha value is -2.76. The van der Waals surface area contributed by atoms with E-state index in [4.69, 9.17) is 5.73 Å². The lowest BCUT2D eigenvalue weighted by atomic mass is 10.2. The summed E-state index contributed by atoms with van der Waals surface area (Å²) in [4.78, 5) is 21.7. The van der Waals surface area contributed by atoms with Gasteiger partial charge in [-0.2, -0.15) is 5.10 Å². The van der Waals surface area contributed by atoms with E-state index in [1.165, 1.54) is 0 Å². The molecule has 0 radical (unpaired) electrons. The summed E-state index contributed by atoms with van der Waals surface area (Å²) in [5.74, 6) is 2.08. The van der Waals surface area contributed by atoms with E-state index < -0.39 is 0 Å². The average Bonchev–Trinajstić information content (AvgIpc) is 3.28. The van der Waals surface area contributed by atoms with Gasteiger partial charge in [-0.3, -0.25) is 0 Å². The molecule has 0 spiro atoms. The first kappa shape index (κ1) is 20.0. The fourth-order valence-electron chi connectivity index (χ4n) is 2.95. The van der Waals surface area contributed by atoms with Crippen molar-refractivity contribution >= 4 is 35.9 Å². The molecule has 3 aromatic rings. The van der Waals surface area contributed by atoms with Crippen molar-refractivity contribution in [3.05, 3.63) is 60.8 Å². The predicted molar refractivity (Wildman–Crippen MR) is 118 cm³/mol. The zero-order chi connectivity index (χ0) is 18.5. The Bertz CT molecular complexity index is 890. The predicted octanol–water partition coefficient (Wildman–Crippen LogP) is 1.31. The van der Waals surface area contributed by atoms with E-state index in [-0.39, 0.29) is 24.0 Å². The van der Waals surface area contributed by atoms with Gasteiger partial charge in [0, 0.05) is 57.2 Å². The third-order valence-electron chi connectivity index (χ3n) is 4.41. The van der Waals surface area contributed by atoms with Crippen molar-refractivity contribution in [1.29, 1.82) is 0 Å². The Morgan fingerprint density at radius 2 is 1.79 bits per heavy atom. The fraction of sp³-hybridized carbons (Fsp3) is 0.278. The minimum Gasteiger partial charge on any atom is -0.370 e. The molecule has 0 amide bonds. The first-order valence-corrected chi connectivity index (χ1v) is 8.81. The number of aliphatic imine (C=N–C) groups is 1. The topological polar surface area (TPSA) is 101 Å². The third-order valence-corrected chi connectivity index (χ3v) is 4.41. The van der Waals surface area contributed by atoms with Gasteiger partial charge in [-0.25, -0.2) is 24.6 Å². The molecule has 4 heterocycles. The summed E-state index contributed by atoms with van der Waals surface area (Å²) in [6, 6.07) is 7.59. The molecule has 0 saturated carbocycles. The van der Waals surface area contributed by atoms with Crippen LogP contribution in [-0.2, 0) is 6.54 Å². The zero-order valence-electron chi connectivity index (χ0n) is 15.3. The van der Waals surface area contributed by atoms with Gasteiger partial charge >= 0.3 is 0 Å². The number of hydrogen-bond acceptors (Lipinski definition) is 6. The Balaban J connectivity index is 0.00000225. The summed E-state index contributed by atoms with van der Waals surface area (Å²) in [6.45, 7) is 3.73. The second kappa shape index (κ2) is 9.44. The van der Waals surface area contributed by atoms with Gasteiger partial charge in [0.05, 0.1) is 6.54 Å². The molecular weight excluding hydrogens is 469 g/mol. The van der Waals surface area contributed by atoms with E-state index >= 15 is 0 Å². The van der Waals surface area contributed by atoms with Crippen molar-refractivity contribution in [2.45, 2.75) is 6.54 Å². The van der Waals surface area contributed by atoms with Crippen molar-refractivity contribution < 1.29 is 0 Å². The van der Waals surface area contributed by atoms with Crippen molar-refractivity contribution in [1.82, 2.24) is 29.6 Å². The van der Waals surface area contributed by atoms with E-state index in [9.17, 15) is 0 Å². The largest absolute Gasteiger partial charge is 0.370 e. The summed E-state index contributed by atoms with van der Waals surface area (Å²) >= 11 is 0. The average molecular weight is 491 g/mol. The number of aromatic nitrogens is 5. The Labute approximate surface area is 180 Å². The number of piperazine rings is 1. The van der Waals surface area contributed by atoms with Crippen LogP contribution in [0.15, 0.2) is 60.2 Å². The summed E-state index contributed by atoms with van der Waals surface area (Å²) < 4.78 is 1.72. The van der Waals surface area contributed by atoms with Crippen LogP contribution in [0.25, 0.3) is 5.82 Å². The molecule has 4 rings (SSSR count). The zero-order valence-corrected chi connectivity index (χ0v) is 17.6. The van der Waals surface area contributed by atoms with Gasteiger partial charge in [0.1, 0.15) is 0 Å². The molecule has 1 aliphatic heterocycles. The number of anilines is 1. The van der Waals surface area contributed by atoms with E-state index in [2.05, 4.69) is 34.8 Å². The molecule has 0 bridgehead atoms. The maximum Gasteiger partial charge on any atom is 0.225 e. The molecule has 1 fully saturated rings. The molecule has 0 atom stereocenters. The van der Waals surface area contributed by atoms with Gasteiger partial charge in [-0.15, -0.1) is 24.0 Å². The van der Waals surface area contributed by atoms with Crippen LogP contribution in [0.3, 0.4) is 0 Å². The molecule has 0 aliphatic carbocycles. The van der Waals surface area contributed by atoms with Gasteiger partial charge in [-0.1, -0.05) is 0 Å². The Morgan fingerprint density at radius 3 is 2.50 bits per heavy atom. The lowest BCUT2D eigenvalue weighted by Crippen LogP contribution is -2.51. The minimum absolute atomic E-state index is 0.